The van der Waals surface area contributed by atoms with Gasteiger partial charge in [0.2, 0.25) is 0 Å². The molecule has 0 radical (unpaired) electrons. The van der Waals surface area contributed by atoms with Crippen molar-refractivity contribution in [1.82, 2.24) is 15.0 Å². The van der Waals surface area contributed by atoms with Gasteiger partial charge in [0.1, 0.15) is 18.0 Å². The normalized spacial score (nSPS) is 10.8. The molecule has 0 atom stereocenters. The standard InChI is InChI=1S/C16H17N5/c1-3-12-15(17)18-9-19-16(12)21-13-6-4-5-11-8-7-10(2)20-14(11)13/h4-9H,3H2,1-2H3,(H3,17,18,19,21). The lowest BCUT2D eigenvalue weighted by atomic mass is 10.1. The number of nitrogens with one attached hydrogen (secondary N) is 1. The number of nitrogens with zero attached hydrogens (tertiary/aromatic N) is 3. The monoisotopic (exact) mass is 279 g/mol. The molecule has 1 aromatic carbocycles. The fraction of sp³-hybridized carbons (Fsp3) is 0.188. The van der Waals surface area contributed by atoms with E-state index in [4.69, 9.17) is 5.73 Å². The summed E-state index contributed by atoms with van der Waals surface area (Å²) in [5.74, 6) is 1.25. The Bertz CT molecular complexity index is 798. The van der Waals surface area contributed by atoms with Crippen LogP contribution < -0.4 is 11.1 Å². The van der Waals surface area contributed by atoms with Crippen molar-refractivity contribution >= 4 is 28.2 Å². The van der Waals surface area contributed by atoms with E-state index in [1.165, 1.54) is 6.33 Å². The van der Waals surface area contributed by atoms with Crippen LogP contribution in [0, 0.1) is 6.92 Å². The summed E-state index contributed by atoms with van der Waals surface area (Å²) in [7, 11) is 0. The van der Waals surface area contributed by atoms with Gasteiger partial charge in [0, 0.05) is 16.6 Å². The van der Waals surface area contributed by atoms with E-state index in [0.29, 0.717) is 5.82 Å². The molecule has 0 spiro atoms. The molecule has 0 bridgehead atoms. The average molecular weight is 279 g/mol. The second-order valence-corrected chi connectivity index (χ2v) is 4.89. The molecular formula is C16H17N5. The fourth-order valence-electron chi connectivity index (χ4n) is 2.36. The number of nitrogen functional groups attached to an aromatic ring is 1. The number of nitrogens with two attached hydrogens (primary N) is 1. The number of hydrogen-bond acceptors (Lipinski definition) is 5. The van der Waals surface area contributed by atoms with Crippen LogP contribution in [0.5, 0.6) is 0 Å². The minimum absolute atomic E-state index is 0.513. The van der Waals surface area contributed by atoms with Gasteiger partial charge in [-0.15, -0.1) is 0 Å². The zero-order valence-corrected chi connectivity index (χ0v) is 12.1. The Kier molecular flexibility index (Phi) is 3.39. The summed E-state index contributed by atoms with van der Waals surface area (Å²) in [4.78, 5) is 13.0. The summed E-state index contributed by atoms with van der Waals surface area (Å²) >= 11 is 0. The molecule has 0 aliphatic rings. The highest BCUT2D eigenvalue weighted by Crippen LogP contribution is 2.27. The molecule has 0 aliphatic carbocycles. The lowest BCUT2D eigenvalue weighted by molar-refractivity contribution is 1.06. The van der Waals surface area contributed by atoms with Crippen molar-refractivity contribution in [2.45, 2.75) is 20.3 Å². The molecule has 2 heterocycles. The first-order valence-corrected chi connectivity index (χ1v) is 6.91. The Morgan fingerprint density at radius 1 is 1.14 bits per heavy atom. The Balaban J connectivity index is 2.10. The van der Waals surface area contributed by atoms with Gasteiger partial charge >= 0.3 is 0 Å². The van der Waals surface area contributed by atoms with Crippen LogP contribution in [0.4, 0.5) is 17.3 Å². The second kappa shape index (κ2) is 5.36. The lowest BCUT2D eigenvalue weighted by Gasteiger charge is -2.12. The van der Waals surface area contributed by atoms with E-state index in [1.54, 1.807) is 0 Å². The molecule has 3 aromatic rings. The van der Waals surface area contributed by atoms with Crippen molar-refractivity contribution in [1.29, 1.82) is 0 Å². The number of hydrogen-bond donors (Lipinski definition) is 2. The van der Waals surface area contributed by atoms with Gasteiger partial charge < -0.3 is 11.1 Å². The van der Waals surface area contributed by atoms with Crippen molar-refractivity contribution in [3.05, 3.63) is 47.9 Å². The van der Waals surface area contributed by atoms with E-state index in [-0.39, 0.29) is 0 Å². The third-order valence-electron chi connectivity index (χ3n) is 3.44. The van der Waals surface area contributed by atoms with E-state index in [2.05, 4.69) is 26.3 Å². The molecule has 0 unspecified atom stereocenters. The van der Waals surface area contributed by atoms with E-state index >= 15 is 0 Å². The zero-order chi connectivity index (χ0) is 14.8. The van der Waals surface area contributed by atoms with Crippen LogP contribution in [0.3, 0.4) is 0 Å². The van der Waals surface area contributed by atoms with Crippen LogP contribution in [-0.2, 0) is 6.42 Å². The van der Waals surface area contributed by atoms with E-state index in [9.17, 15) is 0 Å². The second-order valence-electron chi connectivity index (χ2n) is 4.89. The minimum atomic E-state index is 0.513. The topological polar surface area (TPSA) is 76.7 Å². The van der Waals surface area contributed by atoms with Gasteiger partial charge in [0.25, 0.3) is 0 Å². The Hall–Kier alpha value is -2.69. The van der Waals surface area contributed by atoms with E-state index in [1.807, 2.05) is 38.1 Å². The van der Waals surface area contributed by atoms with Crippen molar-refractivity contribution < 1.29 is 0 Å². The number of aromatic nitrogens is 3. The van der Waals surface area contributed by atoms with Crippen molar-refractivity contribution in [2.75, 3.05) is 11.1 Å². The molecule has 0 saturated carbocycles. The minimum Gasteiger partial charge on any atom is -0.383 e. The largest absolute Gasteiger partial charge is 0.383 e. The maximum atomic E-state index is 5.92. The predicted octanol–water partition coefficient (Wildman–Crippen LogP) is 3.22. The Labute approximate surface area is 123 Å². The first kappa shape index (κ1) is 13.3. The van der Waals surface area contributed by atoms with E-state index < -0.39 is 0 Å². The molecule has 0 aliphatic heterocycles. The van der Waals surface area contributed by atoms with Gasteiger partial charge in [0.05, 0.1) is 11.2 Å². The van der Waals surface area contributed by atoms with E-state index in [0.717, 1.165) is 40.1 Å². The van der Waals surface area contributed by atoms with Crippen molar-refractivity contribution in [3.63, 3.8) is 0 Å². The third kappa shape index (κ3) is 2.50. The number of para-hydroxylation sites is 1. The smallest absolute Gasteiger partial charge is 0.139 e. The van der Waals surface area contributed by atoms with Crippen LogP contribution in [0.15, 0.2) is 36.7 Å². The highest BCUT2D eigenvalue weighted by atomic mass is 15.0. The Morgan fingerprint density at radius 3 is 2.81 bits per heavy atom. The molecule has 5 heteroatoms. The van der Waals surface area contributed by atoms with Gasteiger partial charge in [-0.05, 0) is 25.5 Å². The predicted molar refractivity (Wildman–Crippen MR) is 85.6 cm³/mol. The molecule has 5 nitrogen and oxygen atoms in total. The molecule has 3 rings (SSSR count). The molecular weight excluding hydrogens is 262 g/mol. The number of rotatable bonds is 3. The SMILES string of the molecule is CCc1c(N)ncnc1Nc1cccc2ccc(C)nc12. The summed E-state index contributed by atoms with van der Waals surface area (Å²) in [6.45, 7) is 4.02. The summed E-state index contributed by atoms with van der Waals surface area (Å²) in [6, 6.07) is 10.1. The Morgan fingerprint density at radius 2 is 2.00 bits per heavy atom. The molecule has 21 heavy (non-hydrogen) atoms. The zero-order valence-electron chi connectivity index (χ0n) is 12.1. The third-order valence-corrected chi connectivity index (χ3v) is 3.44. The maximum Gasteiger partial charge on any atom is 0.139 e. The lowest BCUT2D eigenvalue weighted by Crippen LogP contribution is -2.05. The maximum absolute atomic E-state index is 5.92. The van der Waals surface area contributed by atoms with Crippen LogP contribution >= 0.6 is 0 Å². The number of pyridine rings is 1. The fourth-order valence-corrected chi connectivity index (χ4v) is 2.36. The number of fused-ring (bicyclic) bond motifs is 1. The molecule has 106 valence electrons. The van der Waals surface area contributed by atoms with Gasteiger partial charge in [-0.1, -0.05) is 25.1 Å². The average Bonchev–Trinajstić information content (AvgIpc) is 2.48. The number of aryl methyl sites for hydroxylation is 1. The summed E-state index contributed by atoms with van der Waals surface area (Å²) in [5.41, 5.74) is 9.66. The molecule has 0 fully saturated rings. The quantitative estimate of drug-likeness (QED) is 0.769. The molecule has 3 N–H and O–H groups in total. The van der Waals surface area contributed by atoms with Crippen LogP contribution in [0.2, 0.25) is 0 Å². The van der Waals surface area contributed by atoms with Gasteiger partial charge in [-0.25, -0.2) is 9.97 Å². The van der Waals surface area contributed by atoms with Gasteiger partial charge in [0.15, 0.2) is 0 Å². The summed E-state index contributed by atoms with van der Waals surface area (Å²) in [6.07, 6.45) is 2.24. The molecule has 0 amide bonds. The van der Waals surface area contributed by atoms with Crippen molar-refractivity contribution in [3.8, 4) is 0 Å². The highest BCUT2D eigenvalue weighted by molar-refractivity contribution is 5.92. The molecule has 2 aromatic heterocycles. The highest BCUT2D eigenvalue weighted by Gasteiger charge is 2.09. The molecule has 0 saturated heterocycles. The van der Waals surface area contributed by atoms with Crippen LogP contribution in [0.1, 0.15) is 18.2 Å². The number of anilines is 3. The first-order valence-electron chi connectivity index (χ1n) is 6.91. The van der Waals surface area contributed by atoms with Crippen molar-refractivity contribution in [2.24, 2.45) is 0 Å². The first-order chi connectivity index (χ1) is 10.2. The number of benzene rings is 1. The van der Waals surface area contributed by atoms with Crippen LogP contribution in [0.25, 0.3) is 10.9 Å². The summed E-state index contributed by atoms with van der Waals surface area (Å²) < 4.78 is 0. The summed E-state index contributed by atoms with van der Waals surface area (Å²) in [5, 5.41) is 4.43. The van der Waals surface area contributed by atoms with Crippen LogP contribution in [-0.4, -0.2) is 15.0 Å². The van der Waals surface area contributed by atoms with Gasteiger partial charge in [-0.2, -0.15) is 0 Å². The van der Waals surface area contributed by atoms with Gasteiger partial charge in [-0.3, -0.25) is 4.98 Å².